The van der Waals surface area contributed by atoms with Gasteiger partial charge in [0.25, 0.3) is 0 Å². The smallest absolute Gasteiger partial charge is 0.305 e. The maximum Gasteiger partial charge on any atom is 3.00 e. The molecule has 7 aromatic carbocycles. The topological polar surface area (TPSA) is 62.5 Å². The summed E-state index contributed by atoms with van der Waals surface area (Å²) in [7, 11) is 0. The molecule has 3 heterocycles. The first kappa shape index (κ1) is 52.0. The van der Waals surface area contributed by atoms with Crippen LogP contribution >= 0.6 is 0 Å². The Morgan fingerprint density at radius 1 is 0.387 bits per heavy atom. The average molecular weight is 1150 g/mol. The van der Waals surface area contributed by atoms with Gasteiger partial charge < -0.3 is 15.0 Å². The molecule has 5 heteroatoms. The van der Waals surface area contributed by atoms with E-state index in [-0.39, 0.29) is 30.9 Å². The first-order valence-electron chi connectivity index (χ1n) is 25.6. The summed E-state index contributed by atoms with van der Waals surface area (Å²) < 4.78 is 0. The van der Waals surface area contributed by atoms with Gasteiger partial charge in [0.15, 0.2) is 0 Å². The monoisotopic (exact) mass is 1150 g/mol. The molecule has 0 radical (unpaired) electrons. The number of benzene rings is 7. The fraction of sp³-hybridized carbons (Fsp3) is 0.171. The van der Waals surface area contributed by atoms with Gasteiger partial charge in [0, 0.05) is 18.6 Å². The molecule has 0 unspecified atom stereocenters. The molecule has 10 aromatic rings. The number of nitrogens with zero attached hydrogens (tertiary/aromatic N) is 4. The van der Waals surface area contributed by atoms with Gasteiger partial charge in [-0.15, -0.1) is 94.5 Å². The Hall–Kier alpha value is -7.87. The van der Waals surface area contributed by atoms with Crippen LogP contribution in [0.1, 0.15) is 80.5 Å². The molecule has 0 saturated heterocycles. The van der Waals surface area contributed by atoms with E-state index in [0.29, 0.717) is 5.56 Å². The van der Waals surface area contributed by atoms with Crippen molar-refractivity contribution >= 4 is 0 Å². The zero-order chi connectivity index (χ0) is 51.2. The third kappa shape index (κ3) is 12.4. The number of hydrogen-bond donors (Lipinski definition) is 0. The van der Waals surface area contributed by atoms with Crippen LogP contribution in [0.4, 0.5) is 0 Å². The number of hydrogen-bond acceptors (Lipinski definition) is 4. The Bertz CT molecular complexity index is 3470. The van der Waals surface area contributed by atoms with Gasteiger partial charge >= 0.3 is 20.1 Å². The molecule has 0 aliphatic rings. The Kier molecular flexibility index (Phi) is 15.8. The van der Waals surface area contributed by atoms with Crippen LogP contribution < -0.4 is 0 Å². The van der Waals surface area contributed by atoms with Gasteiger partial charge in [-0.3, -0.25) is 0 Å². The Morgan fingerprint density at radius 2 is 0.880 bits per heavy atom. The summed E-state index contributed by atoms with van der Waals surface area (Å²) in [5.41, 5.74) is 22.9. The fourth-order valence-corrected chi connectivity index (χ4v) is 9.59. The molecule has 0 amide bonds. The number of rotatable bonds is 13. The van der Waals surface area contributed by atoms with Crippen molar-refractivity contribution < 1.29 is 20.1 Å². The third-order valence-corrected chi connectivity index (χ3v) is 14.0. The van der Waals surface area contributed by atoms with Gasteiger partial charge in [-0.25, -0.2) is 0 Å². The predicted octanol–water partition coefficient (Wildman–Crippen LogP) is 17.0. The van der Waals surface area contributed by atoms with Crippen LogP contribution in [0.15, 0.2) is 201 Å². The first-order chi connectivity index (χ1) is 35.8. The minimum absolute atomic E-state index is 0. The summed E-state index contributed by atoms with van der Waals surface area (Å²) >= 11 is 0. The molecule has 75 heavy (non-hydrogen) atoms. The van der Waals surface area contributed by atoms with Crippen molar-refractivity contribution in [1.82, 2.24) is 15.0 Å². The fourth-order valence-electron chi connectivity index (χ4n) is 9.59. The van der Waals surface area contributed by atoms with Crippen LogP contribution in [0, 0.1) is 29.5 Å². The summed E-state index contributed by atoms with van der Waals surface area (Å²) in [4.78, 5) is 14.1. The van der Waals surface area contributed by atoms with Gasteiger partial charge in [-0.05, 0) is 121 Å². The van der Waals surface area contributed by atoms with E-state index < -0.39 is 0 Å². The largest absolute Gasteiger partial charge is 3.00 e. The van der Waals surface area contributed by atoms with Crippen molar-refractivity contribution in [1.29, 1.82) is 5.26 Å². The van der Waals surface area contributed by atoms with Gasteiger partial charge in [-0.1, -0.05) is 174 Å². The van der Waals surface area contributed by atoms with Crippen LogP contribution in [-0.2, 0) is 56.6 Å². The summed E-state index contributed by atoms with van der Waals surface area (Å²) in [5.74, 6) is 0. The summed E-state index contributed by atoms with van der Waals surface area (Å²) in [6.07, 6.45) is 9.16. The molecular formula is C70H59IrN4. The summed E-state index contributed by atoms with van der Waals surface area (Å²) in [5, 5.41) is 9.40. The minimum Gasteiger partial charge on any atom is -0.305 e. The van der Waals surface area contributed by atoms with E-state index in [1.54, 1.807) is 0 Å². The van der Waals surface area contributed by atoms with Gasteiger partial charge in [0.05, 0.1) is 11.6 Å². The van der Waals surface area contributed by atoms with Crippen molar-refractivity contribution in [3.8, 4) is 84.3 Å². The first-order valence-corrected chi connectivity index (χ1v) is 25.6. The SMILES string of the molecule is CC(C)(C)c1ccnc(-c2[c-]cc(CCc3cc(CCc4c[c-]c(-c5cc(C(C)(C)C)ccn5)cc4)cc(-c4ccccc4-c4c[c-]c(-c5ccccn5)cc4-c4ccc(-c5ccc(C#N)cc5)cc4)c3)cc2)c1.[Ir+3]. The van der Waals surface area contributed by atoms with E-state index in [9.17, 15) is 5.26 Å². The molecule has 0 aliphatic heterocycles. The molecule has 3 aromatic heterocycles. The molecule has 0 saturated carbocycles. The van der Waals surface area contributed by atoms with Crippen LogP contribution in [0.3, 0.4) is 0 Å². The molecule has 0 aliphatic carbocycles. The molecule has 0 N–H and O–H groups in total. The van der Waals surface area contributed by atoms with Crippen LogP contribution in [-0.4, -0.2) is 15.0 Å². The molecule has 10 rings (SSSR count). The zero-order valence-corrected chi connectivity index (χ0v) is 45.9. The standard InChI is InChI=1S/C70H59N4.Ir/c1-69(2,3)60-36-39-73-67(45-60)56-26-18-48(19-27-56)14-16-51-41-52(17-15-49-20-28-57(29-21-49)68-46-61(37-40-74-68)70(4,5)6)43-59(42-51)62-11-7-8-12-63(62)64-35-34-58(66-13-9-10-38-72-66)44-65(64)55-32-30-54(31-33-55)53-24-22-50(47-71)23-25-53;/h7-13,18-26,28,30-33,35-46H,14-17H2,1-6H3;/q-3;+3. The number of aryl methyl sites for hydroxylation is 4. The van der Waals surface area contributed by atoms with Gasteiger partial charge in [0.1, 0.15) is 0 Å². The summed E-state index contributed by atoms with van der Waals surface area (Å²) in [6, 6.07) is 77.5. The second kappa shape index (κ2) is 22.7. The Morgan fingerprint density at radius 3 is 1.39 bits per heavy atom. The van der Waals surface area contributed by atoms with E-state index in [4.69, 9.17) is 15.0 Å². The van der Waals surface area contributed by atoms with E-state index in [1.807, 2.05) is 61.1 Å². The maximum atomic E-state index is 9.40. The average Bonchev–Trinajstić information content (AvgIpc) is 3.44. The quantitative estimate of drug-likeness (QED) is 0.108. The van der Waals surface area contributed by atoms with Gasteiger partial charge in [0.2, 0.25) is 0 Å². The molecule has 0 spiro atoms. The molecule has 0 atom stereocenters. The van der Waals surface area contributed by atoms with Crippen molar-refractivity contribution in [2.75, 3.05) is 0 Å². The van der Waals surface area contributed by atoms with E-state index in [1.165, 1.54) is 38.9 Å². The molecular weight excluding hydrogens is 1090 g/mol. The Labute approximate surface area is 457 Å². The predicted molar refractivity (Wildman–Crippen MR) is 304 cm³/mol. The zero-order valence-electron chi connectivity index (χ0n) is 43.5. The Balaban J connectivity index is 0.00000689. The van der Waals surface area contributed by atoms with Crippen molar-refractivity contribution in [3.05, 3.63) is 258 Å². The number of nitriles is 1. The minimum atomic E-state index is 0. The van der Waals surface area contributed by atoms with Crippen LogP contribution in [0.5, 0.6) is 0 Å². The van der Waals surface area contributed by atoms with E-state index in [2.05, 4.69) is 205 Å². The van der Waals surface area contributed by atoms with Crippen molar-refractivity contribution in [3.63, 3.8) is 0 Å². The summed E-state index contributed by atoms with van der Waals surface area (Å²) in [6.45, 7) is 13.4. The normalized spacial score (nSPS) is 11.4. The van der Waals surface area contributed by atoms with Crippen LogP contribution in [0.25, 0.3) is 78.3 Å². The number of pyridine rings is 3. The molecule has 4 nitrogen and oxygen atoms in total. The third-order valence-electron chi connectivity index (χ3n) is 14.0. The molecule has 368 valence electrons. The second-order valence-electron chi connectivity index (χ2n) is 21.3. The van der Waals surface area contributed by atoms with Gasteiger partial charge in [-0.2, -0.15) is 5.26 Å². The second-order valence-corrected chi connectivity index (χ2v) is 21.3. The van der Waals surface area contributed by atoms with Crippen LogP contribution in [0.2, 0.25) is 0 Å². The van der Waals surface area contributed by atoms with Crippen molar-refractivity contribution in [2.24, 2.45) is 0 Å². The van der Waals surface area contributed by atoms with E-state index >= 15 is 0 Å². The molecule has 0 bridgehead atoms. The van der Waals surface area contributed by atoms with Crippen molar-refractivity contribution in [2.45, 2.75) is 78.1 Å². The molecule has 0 fully saturated rings. The maximum absolute atomic E-state index is 9.40. The number of aromatic nitrogens is 3. The van der Waals surface area contributed by atoms with E-state index in [0.717, 1.165) is 98.4 Å².